The highest BCUT2D eigenvalue weighted by atomic mass is 32.1. The van der Waals surface area contributed by atoms with Crippen LogP contribution >= 0.6 is 11.3 Å². The Morgan fingerprint density at radius 2 is 1.38 bits per heavy atom. The molecule has 74 heavy (non-hydrogen) atoms. The van der Waals surface area contributed by atoms with Gasteiger partial charge in [-0.05, 0) is 76.2 Å². The molecule has 23 nitrogen and oxygen atoms in total. The van der Waals surface area contributed by atoms with Gasteiger partial charge in [-0.2, -0.15) is 5.06 Å². The number of carbonyl (C=O) groups is 8. The van der Waals surface area contributed by atoms with Gasteiger partial charge in [0.05, 0.1) is 12.0 Å². The molecule has 2 N–H and O–H groups in total. The molecule has 4 aliphatic heterocycles. The van der Waals surface area contributed by atoms with Gasteiger partial charge in [0.25, 0.3) is 29.5 Å². The second kappa shape index (κ2) is 18.8. The number of ether oxygens (including phenoxy) is 6. The molecule has 6 heterocycles. The lowest BCUT2D eigenvalue weighted by atomic mass is 9.97. The number of nitrogens with one attached hydrogen (secondary N) is 2. The second-order valence-electron chi connectivity index (χ2n) is 20.8. The summed E-state index contributed by atoms with van der Waals surface area (Å²) >= 11 is 0.876. The minimum Gasteiger partial charge on any atom is -0.457 e. The molecule has 3 atom stereocenters. The van der Waals surface area contributed by atoms with Crippen LogP contribution in [0, 0.1) is 0 Å². The number of rotatable bonds is 12. The van der Waals surface area contributed by atoms with Crippen molar-refractivity contribution in [3.8, 4) is 11.6 Å². The number of esters is 3. The maximum absolute atomic E-state index is 14.4. The van der Waals surface area contributed by atoms with E-state index in [0.717, 1.165) is 11.3 Å². The van der Waals surface area contributed by atoms with Crippen molar-refractivity contribution < 1.29 is 76.5 Å². The summed E-state index contributed by atoms with van der Waals surface area (Å²) < 4.78 is 34.9. The van der Waals surface area contributed by atoms with Gasteiger partial charge in [-0.3, -0.25) is 34.2 Å². The van der Waals surface area contributed by atoms with E-state index in [1.165, 1.54) is 46.1 Å². The molecule has 0 aliphatic carbocycles. The van der Waals surface area contributed by atoms with E-state index in [1.54, 1.807) is 90.1 Å². The van der Waals surface area contributed by atoms with E-state index in [9.17, 15) is 38.4 Å². The summed E-state index contributed by atoms with van der Waals surface area (Å²) in [6, 6.07) is 15.7. The number of hydroxylamine groups is 2. The summed E-state index contributed by atoms with van der Waals surface area (Å²) in [5, 5.41) is 10.6. The average Bonchev–Trinajstić information content (AvgIpc) is 4.13. The topological polar surface area (TPSA) is 279 Å². The maximum Gasteiger partial charge on any atom is 0.413 e. The van der Waals surface area contributed by atoms with Crippen molar-refractivity contribution in [2.45, 2.75) is 129 Å². The molecule has 0 saturated carbocycles. The number of oxime groups is 1. The summed E-state index contributed by atoms with van der Waals surface area (Å²) in [6.07, 6.45) is -1.74. The zero-order valence-electron chi connectivity index (χ0n) is 42.2. The zero-order valence-corrected chi connectivity index (χ0v) is 43.0. The molecular weight excluding hydrogens is 987 g/mol. The second-order valence-corrected chi connectivity index (χ2v) is 21.7. The van der Waals surface area contributed by atoms with E-state index in [0.29, 0.717) is 21.1 Å². The minimum absolute atomic E-state index is 0.0138. The lowest BCUT2D eigenvalue weighted by Crippen LogP contribution is -2.59. The molecule has 2 aromatic heterocycles. The van der Waals surface area contributed by atoms with Crippen molar-refractivity contribution in [3.63, 3.8) is 0 Å². The van der Waals surface area contributed by atoms with Gasteiger partial charge in [0.1, 0.15) is 46.9 Å². The highest BCUT2D eigenvalue weighted by Gasteiger charge is 2.66. The molecule has 4 aliphatic rings. The smallest absolute Gasteiger partial charge is 0.413 e. The first-order valence-corrected chi connectivity index (χ1v) is 24.0. The lowest BCUT2D eigenvalue weighted by molar-refractivity contribution is -0.263. The number of carbonyl (C=O) groups excluding carboxylic acids is 8. The molecule has 24 heteroatoms. The molecule has 1 unspecified atom stereocenters. The van der Waals surface area contributed by atoms with Crippen LogP contribution in [0.4, 0.5) is 9.93 Å². The summed E-state index contributed by atoms with van der Waals surface area (Å²) in [4.78, 5) is 132. The number of aromatic nitrogens is 2. The predicted molar refractivity (Wildman–Crippen MR) is 257 cm³/mol. The van der Waals surface area contributed by atoms with Crippen molar-refractivity contribution in [2.75, 3.05) is 11.9 Å². The summed E-state index contributed by atoms with van der Waals surface area (Å²) in [7, 11) is 0. The Hall–Kier alpha value is -7.99. The van der Waals surface area contributed by atoms with Gasteiger partial charge in [-0.1, -0.05) is 65.8 Å². The number of hydrogen-bond donors (Lipinski definition) is 2. The standard InChI is InChI=1S/C50H53N7O16S/c1-45(2,3)70-41(63)48(10,11)73-55-34(30-25-74-43(52-30)54-44(65)72-47(7,8)9)35(58)51-29-24-66-57(38(29)60)49(42(64)71-46(4,5)6)23-31(40(62)69-49)56-37(59)28-22-32-36(53-33(28)39(56)61)68-50(67-32,26-18-14-12-15-19-26)27-20-16-13-17-21-27/h12-22,25,29,31H,23-24H2,1-11H3,(H,51,58)(H,52,54,65)/b55-34-/t29-,31-,49?/m0/s1. The highest BCUT2D eigenvalue weighted by molar-refractivity contribution is 7.14. The third-order valence-electron chi connectivity index (χ3n) is 11.0. The van der Waals surface area contributed by atoms with Crippen molar-refractivity contribution in [1.29, 1.82) is 0 Å². The third kappa shape index (κ3) is 10.3. The number of imide groups is 1. The number of hydrogen-bond acceptors (Lipinski definition) is 20. The summed E-state index contributed by atoms with van der Waals surface area (Å²) in [5.41, 5.74) is -7.87. The predicted octanol–water partition coefficient (Wildman–Crippen LogP) is 5.31. The molecule has 2 saturated heterocycles. The van der Waals surface area contributed by atoms with E-state index in [4.69, 9.17) is 38.1 Å². The van der Waals surface area contributed by atoms with Gasteiger partial charge in [0.15, 0.2) is 16.6 Å². The van der Waals surface area contributed by atoms with Crippen LogP contribution in [-0.4, -0.2) is 120 Å². The van der Waals surface area contributed by atoms with Crippen LogP contribution in [-0.2, 0) is 58.4 Å². The van der Waals surface area contributed by atoms with Crippen molar-refractivity contribution >= 4 is 69.8 Å². The Balaban J connectivity index is 1.05. The van der Waals surface area contributed by atoms with Crippen LogP contribution in [0.25, 0.3) is 0 Å². The molecule has 0 bridgehead atoms. The van der Waals surface area contributed by atoms with Crippen LogP contribution in [0.5, 0.6) is 11.6 Å². The number of fused-ring (bicyclic) bond motifs is 2. The zero-order chi connectivity index (χ0) is 53.9. The van der Waals surface area contributed by atoms with E-state index < -0.39 is 118 Å². The highest BCUT2D eigenvalue weighted by Crippen LogP contribution is 2.49. The van der Waals surface area contributed by atoms with Gasteiger partial charge < -0.3 is 38.6 Å². The normalized spacial score (nSPS) is 20.5. The first kappa shape index (κ1) is 52.3. The minimum atomic E-state index is -2.78. The van der Waals surface area contributed by atoms with Gasteiger partial charge in [0.2, 0.25) is 5.60 Å². The maximum atomic E-state index is 14.4. The fourth-order valence-corrected chi connectivity index (χ4v) is 8.46. The fraction of sp³-hybridized carbons (Fsp3) is 0.420. The Labute approximate surface area is 427 Å². The van der Waals surface area contributed by atoms with Crippen LogP contribution in [0.3, 0.4) is 0 Å². The molecule has 2 aromatic carbocycles. The Morgan fingerprint density at radius 1 is 0.770 bits per heavy atom. The Kier molecular flexibility index (Phi) is 13.3. The molecule has 8 rings (SSSR count). The first-order chi connectivity index (χ1) is 34.5. The fourth-order valence-electron chi connectivity index (χ4n) is 7.78. The van der Waals surface area contributed by atoms with Crippen LogP contribution in [0.1, 0.15) is 120 Å². The molecule has 4 aromatic rings. The number of pyridine rings is 1. The molecule has 0 radical (unpaired) electrons. The molecule has 5 amide bonds. The van der Waals surface area contributed by atoms with E-state index >= 15 is 0 Å². The van der Waals surface area contributed by atoms with Crippen molar-refractivity contribution in [3.05, 3.63) is 100 Å². The SMILES string of the molecule is CC(C)(C)OC(=O)Nc1nc(/C(=N/OC(C)(C)C(=O)OC(C)(C)C)C(=O)N[C@H]2CON(C3(C(=O)OC(C)(C)C)C[C@H](N4C(=O)c5cc6c(nc5C4=O)OC(c4ccccc4)(c4ccccc4)O6)C(=O)O3)C2=O)cs1. The van der Waals surface area contributed by atoms with Crippen molar-refractivity contribution in [2.24, 2.45) is 5.16 Å². The number of thiazole rings is 1. The van der Waals surface area contributed by atoms with Gasteiger partial charge >= 0.3 is 35.5 Å². The first-order valence-electron chi connectivity index (χ1n) is 23.1. The average molecular weight is 1040 g/mol. The van der Waals surface area contributed by atoms with Gasteiger partial charge in [0, 0.05) is 22.6 Å². The number of anilines is 1. The number of cyclic esters (lactones) is 1. The third-order valence-corrected chi connectivity index (χ3v) is 11.8. The molecule has 390 valence electrons. The number of benzene rings is 2. The van der Waals surface area contributed by atoms with E-state index in [-0.39, 0.29) is 28.0 Å². The quantitative estimate of drug-likeness (QED) is 0.0598. The summed E-state index contributed by atoms with van der Waals surface area (Å²) in [5.74, 6) is -9.44. The number of nitrogens with zero attached hydrogens (tertiary/aromatic N) is 5. The molecule has 0 spiro atoms. The molecule has 2 fully saturated rings. The van der Waals surface area contributed by atoms with Gasteiger partial charge in [-0.15, -0.1) is 11.3 Å². The Bertz CT molecular complexity index is 2910. The van der Waals surface area contributed by atoms with Crippen LogP contribution in [0.2, 0.25) is 0 Å². The largest absolute Gasteiger partial charge is 0.457 e. The van der Waals surface area contributed by atoms with E-state index in [2.05, 4.69) is 25.8 Å². The number of amides is 5. The van der Waals surface area contributed by atoms with Gasteiger partial charge in [-0.25, -0.2) is 29.1 Å². The summed E-state index contributed by atoms with van der Waals surface area (Å²) in [6.45, 7) is 16.4. The van der Waals surface area contributed by atoms with Crippen molar-refractivity contribution in [1.82, 2.24) is 25.2 Å². The molecular formula is C50H53N7O16S. The van der Waals surface area contributed by atoms with Crippen LogP contribution in [0.15, 0.2) is 77.3 Å². The van der Waals surface area contributed by atoms with E-state index in [1.807, 2.05) is 12.1 Å². The lowest BCUT2D eigenvalue weighted by Gasteiger charge is -2.35. The monoisotopic (exact) mass is 1040 g/mol. The van der Waals surface area contributed by atoms with Crippen LogP contribution < -0.4 is 20.1 Å². The Morgan fingerprint density at radius 3 is 1.97 bits per heavy atom.